The molecule has 10 nitrogen and oxygen atoms in total. The number of hydrogen-bond acceptors (Lipinski definition) is 7. The van der Waals surface area contributed by atoms with Gasteiger partial charge in [0.05, 0.1) is 35.1 Å². The topological polar surface area (TPSA) is 112 Å². The fraction of sp³-hybridized carbons (Fsp3) is 0.273. The molecule has 0 radical (unpaired) electrons. The van der Waals surface area contributed by atoms with Gasteiger partial charge >= 0.3 is 0 Å². The Hall–Kier alpha value is -4.10. The van der Waals surface area contributed by atoms with E-state index < -0.39 is 0 Å². The summed E-state index contributed by atoms with van der Waals surface area (Å²) in [4.78, 5) is 18.9. The van der Waals surface area contributed by atoms with E-state index >= 15 is 0 Å². The molecular formula is C22H19N9O. The number of aromatic nitrogens is 8. The van der Waals surface area contributed by atoms with E-state index in [-0.39, 0.29) is 6.04 Å². The van der Waals surface area contributed by atoms with Crippen LogP contribution in [0.3, 0.4) is 0 Å². The Morgan fingerprint density at radius 2 is 1.97 bits per heavy atom. The average molecular weight is 425 g/mol. The fourth-order valence-electron chi connectivity index (χ4n) is 4.27. The van der Waals surface area contributed by atoms with Crippen molar-refractivity contribution in [3.8, 4) is 29.1 Å². The number of hydrogen-bond donors (Lipinski definition) is 0. The summed E-state index contributed by atoms with van der Waals surface area (Å²) in [6, 6.07) is 5.91. The highest BCUT2D eigenvalue weighted by atomic mass is 16.5. The summed E-state index contributed by atoms with van der Waals surface area (Å²) in [5.74, 6) is 2.10. The lowest BCUT2D eigenvalue weighted by molar-refractivity contribution is 0.0708. The summed E-state index contributed by atoms with van der Waals surface area (Å²) in [5, 5.41) is 13.7. The summed E-state index contributed by atoms with van der Waals surface area (Å²) in [5.41, 5.74) is 3.58. The Morgan fingerprint density at radius 3 is 2.75 bits per heavy atom. The summed E-state index contributed by atoms with van der Waals surface area (Å²) in [6.07, 6.45) is 10.7. The third-order valence-corrected chi connectivity index (χ3v) is 5.90. The lowest BCUT2D eigenvalue weighted by Crippen LogP contribution is -2.21. The molecular weight excluding hydrogens is 406 g/mol. The molecule has 1 saturated heterocycles. The number of aryl methyl sites for hydroxylation is 1. The van der Waals surface area contributed by atoms with Gasteiger partial charge in [-0.3, -0.25) is 0 Å². The predicted octanol–water partition coefficient (Wildman–Crippen LogP) is 2.76. The molecule has 1 aliphatic rings. The first-order chi connectivity index (χ1) is 15.7. The van der Waals surface area contributed by atoms with Crippen LogP contribution < -0.4 is 0 Å². The molecule has 6 rings (SSSR count). The normalized spacial score (nSPS) is 14.9. The van der Waals surface area contributed by atoms with Crippen molar-refractivity contribution in [1.29, 1.82) is 5.26 Å². The molecule has 5 aromatic rings. The van der Waals surface area contributed by atoms with Crippen LogP contribution in [0.1, 0.15) is 24.4 Å². The molecule has 0 saturated carbocycles. The zero-order chi connectivity index (χ0) is 21.7. The average Bonchev–Trinajstić information content (AvgIpc) is 3.54. The fourth-order valence-corrected chi connectivity index (χ4v) is 4.27. The van der Waals surface area contributed by atoms with E-state index in [1.807, 2.05) is 17.8 Å². The third-order valence-electron chi connectivity index (χ3n) is 5.90. The second kappa shape index (κ2) is 7.25. The summed E-state index contributed by atoms with van der Waals surface area (Å²) in [7, 11) is 1.96. The number of pyridine rings is 1. The molecule has 0 unspecified atom stereocenters. The second-order valence-electron chi connectivity index (χ2n) is 7.83. The zero-order valence-electron chi connectivity index (χ0n) is 17.4. The molecule has 10 heteroatoms. The highest BCUT2D eigenvalue weighted by Gasteiger charge is 2.26. The minimum atomic E-state index is 0.206. The van der Waals surface area contributed by atoms with E-state index in [0.29, 0.717) is 30.1 Å². The van der Waals surface area contributed by atoms with Crippen LogP contribution >= 0.6 is 0 Å². The minimum absolute atomic E-state index is 0.206. The molecule has 0 atom stereocenters. The van der Waals surface area contributed by atoms with Crippen LogP contribution in [-0.4, -0.2) is 51.9 Å². The van der Waals surface area contributed by atoms with Gasteiger partial charge in [0.25, 0.3) is 0 Å². The van der Waals surface area contributed by atoms with Crippen LogP contribution in [0, 0.1) is 11.3 Å². The highest BCUT2D eigenvalue weighted by molar-refractivity contribution is 5.81. The minimum Gasteiger partial charge on any atom is -0.381 e. The molecule has 1 aliphatic heterocycles. The van der Waals surface area contributed by atoms with E-state index in [4.69, 9.17) is 14.7 Å². The second-order valence-corrected chi connectivity index (χ2v) is 7.83. The molecule has 158 valence electrons. The molecule has 0 amide bonds. The van der Waals surface area contributed by atoms with Crippen molar-refractivity contribution in [3.05, 3.63) is 48.7 Å². The molecule has 0 spiro atoms. The Labute approximate surface area is 182 Å². The van der Waals surface area contributed by atoms with Crippen molar-refractivity contribution in [2.24, 2.45) is 7.05 Å². The van der Waals surface area contributed by atoms with Gasteiger partial charge in [0.1, 0.15) is 5.52 Å². The molecule has 1 fully saturated rings. The standard InChI is InChI=1S/C22H19N9O/c1-29-7-5-24-21(29)22-27-17-13-25-19(28-20(17)31(22)15-3-8-32-9-4-15)16-12-26-30-6-2-14(11-23)10-18(16)30/h2,5-7,10,12-13,15H,3-4,8-9H2,1H3. The SMILES string of the molecule is Cn1ccnc1-c1nc2cnc(-c3cnn4ccc(C#N)cc34)nc2n1C1CCOCC1. The number of imidazole rings is 2. The van der Waals surface area contributed by atoms with Crippen molar-refractivity contribution in [2.75, 3.05) is 13.2 Å². The van der Waals surface area contributed by atoms with Crippen molar-refractivity contribution in [3.63, 3.8) is 0 Å². The van der Waals surface area contributed by atoms with Gasteiger partial charge < -0.3 is 13.9 Å². The van der Waals surface area contributed by atoms with Crippen molar-refractivity contribution in [2.45, 2.75) is 18.9 Å². The lowest BCUT2D eigenvalue weighted by atomic mass is 10.1. The highest BCUT2D eigenvalue weighted by Crippen LogP contribution is 2.32. The third kappa shape index (κ3) is 2.86. The maximum absolute atomic E-state index is 9.29. The van der Waals surface area contributed by atoms with Crippen LogP contribution in [-0.2, 0) is 11.8 Å². The Kier molecular flexibility index (Phi) is 4.22. The molecule has 0 aliphatic carbocycles. The van der Waals surface area contributed by atoms with Crippen LogP contribution in [0.5, 0.6) is 0 Å². The van der Waals surface area contributed by atoms with Gasteiger partial charge in [-0.15, -0.1) is 0 Å². The molecule has 0 N–H and O–H groups in total. The smallest absolute Gasteiger partial charge is 0.179 e. The number of nitriles is 1. The molecule has 5 aromatic heterocycles. The number of ether oxygens (including phenoxy) is 1. The molecule has 0 aromatic carbocycles. The number of nitrogens with zero attached hydrogens (tertiary/aromatic N) is 9. The summed E-state index contributed by atoms with van der Waals surface area (Å²) >= 11 is 0. The first-order valence-electron chi connectivity index (χ1n) is 10.4. The maximum Gasteiger partial charge on any atom is 0.179 e. The summed E-state index contributed by atoms with van der Waals surface area (Å²) in [6.45, 7) is 1.40. The van der Waals surface area contributed by atoms with Crippen LogP contribution in [0.4, 0.5) is 0 Å². The zero-order valence-corrected chi connectivity index (χ0v) is 17.4. The van der Waals surface area contributed by atoms with Crippen molar-refractivity contribution in [1.82, 2.24) is 38.7 Å². The van der Waals surface area contributed by atoms with Gasteiger partial charge in [0.15, 0.2) is 23.1 Å². The predicted molar refractivity (Wildman–Crippen MR) is 116 cm³/mol. The number of rotatable bonds is 3. The first-order valence-corrected chi connectivity index (χ1v) is 10.4. The van der Waals surface area contributed by atoms with E-state index in [1.165, 1.54) is 0 Å². The lowest BCUT2D eigenvalue weighted by Gasteiger charge is -2.25. The Balaban J connectivity index is 1.57. The monoisotopic (exact) mass is 425 g/mol. The van der Waals surface area contributed by atoms with Gasteiger partial charge in [-0.2, -0.15) is 10.4 Å². The molecule has 0 bridgehead atoms. The number of fused-ring (bicyclic) bond motifs is 2. The Bertz CT molecular complexity index is 1500. The quantitative estimate of drug-likeness (QED) is 0.437. The van der Waals surface area contributed by atoms with E-state index in [2.05, 4.69) is 25.7 Å². The Morgan fingerprint density at radius 1 is 1.09 bits per heavy atom. The van der Waals surface area contributed by atoms with Gasteiger partial charge in [-0.1, -0.05) is 0 Å². The largest absolute Gasteiger partial charge is 0.381 e. The first kappa shape index (κ1) is 18.7. The molecule has 32 heavy (non-hydrogen) atoms. The van der Waals surface area contributed by atoms with E-state index in [1.54, 1.807) is 41.4 Å². The van der Waals surface area contributed by atoms with Crippen molar-refractivity contribution >= 4 is 16.7 Å². The van der Waals surface area contributed by atoms with E-state index in [9.17, 15) is 5.26 Å². The van der Waals surface area contributed by atoms with Gasteiger partial charge in [0, 0.05) is 44.9 Å². The van der Waals surface area contributed by atoms with E-state index in [0.717, 1.165) is 41.2 Å². The summed E-state index contributed by atoms with van der Waals surface area (Å²) < 4.78 is 11.4. The van der Waals surface area contributed by atoms with Gasteiger partial charge in [0.2, 0.25) is 0 Å². The maximum atomic E-state index is 9.29. The van der Waals surface area contributed by atoms with Crippen LogP contribution in [0.2, 0.25) is 0 Å². The molecule has 6 heterocycles. The van der Waals surface area contributed by atoms with Gasteiger partial charge in [-0.25, -0.2) is 24.5 Å². The van der Waals surface area contributed by atoms with Gasteiger partial charge in [-0.05, 0) is 25.0 Å². The van der Waals surface area contributed by atoms with Crippen molar-refractivity contribution < 1.29 is 4.74 Å². The van der Waals surface area contributed by atoms with Crippen LogP contribution in [0.15, 0.2) is 43.1 Å². The van der Waals surface area contributed by atoms with Crippen LogP contribution in [0.25, 0.3) is 39.7 Å².